The molecule has 4 heteroatoms. The van der Waals surface area contributed by atoms with Crippen LogP contribution in [0.5, 0.6) is 0 Å². The number of piperidine rings is 1. The quantitative estimate of drug-likeness (QED) is 0.410. The van der Waals surface area contributed by atoms with E-state index < -0.39 is 0 Å². The van der Waals surface area contributed by atoms with E-state index in [1.807, 2.05) is 0 Å². The molecular formula is C9H17N3S. The normalized spacial score (nSPS) is 21.0. The van der Waals surface area contributed by atoms with E-state index in [9.17, 15) is 0 Å². The fraction of sp³-hybridized carbons (Fsp3) is 0.778. The highest BCUT2D eigenvalue weighted by atomic mass is 32.1. The van der Waals surface area contributed by atoms with Crippen molar-refractivity contribution in [1.29, 1.82) is 0 Å². The fourth-order valence-electron chi connectivity index (χ4n) is 1.65. The molecule has 1 aliphatic heterocycles. The number of likely N-dealkylation sites (tertiary alicyclic amines) is 1. The van der Waals surface area contributed by atoms with Gasteiger partial charge in [0.2, 0.25) is 0 Å². The maximum absolute atomic E-state index is 5.17. The lowest BCUT2D eigenvalue weighted by molar-refractivity contribution is 0.223. The van der Waals surface area contributed by atoms with Crippen LogP contribution in [-0.2, 0) is 0 Å². The Labute approximate surface area is 85.0 Å². The second-order valence-corrected chi connectivity index (χ2v) is 4.09. The molecule has 0 spiro atoms. The van der Waals surface area contributed by atoms with E-state index >= 15 is 0 Å². The first-order valence-corrected chi connectivity index (χ1v) is 5.09. The lowest BCUT2D eigenvalue weighted by Crippen LogP contribution is -2.30. The predicted molar refractivity (Wildman–Crippen MR) is 60.1 cm³/mol. The second-order valence-electron chi connectivity index (χ2n) is 3.62. The Morgan fingerprint density at radius 1 is 1.62 bits per heavy atom. The average molecular weight is 199 g/mol. The van der Waals surface area contributed by atoms with Crippen LogP contribution >= 0.6 is 12.2 Å². The molecule has 74 valence electrons. The van der Waals surface area contributed by atoms with E-state index in [1.54, 1.807) is 0 Å². The van der Waals surface area contributed by atoms with Crippen molar-refractivity contribution < 1.29 is 0 Å². The SMILES string of the molecule is CN1CCC(CC(=S)N=CN)CC1. The molecule has 1 saturated heterocycles. The highest BCUT2D eigenvalue weighted by Gasteiger charge is 2.17. The third-order valence-corrected chi connectivity index (χ3v) is 2.79. The summed E-state index contributed by atoms with van der Waals surface area (Å²) in [6.45, 7) is 2.36. The molecule has 1 heterocycles. The smallest absolute Gasteiger partial charge is 0.105 e. The van der Waals surface area contributed by atoms with Crippen LogP contribution in [0.1, 0.15) is 19.3 Å². The summed E-state index contributed by atoms with van der Waals surface area (Å²) < 4.78 is 0. The van der Waals surface area contributed by atoms with Crippen molar-refractivity contribution in [3.8, 4) is 0 Å². The molecule has 0 aromatic carbocycles. The van der Waals surface area contributed by atoms with Gasteiger partial charge in [-0.25, -0.2) is 4.99 Å². The van der Waals surface area contributed by atoms with Gasteiger partial charge in [0.1, 0.15) is 4.99 Å². The molecule has 1 fully saturated rings. The Kier molecular flexibility index (Phi) is 4.32. The van der Waals surface area contributed by atoms with Gasteiger partial charge in [0.25, 0.3) is 0 Å². The van der Waals surface area contributed by atoms with Crippen molar-refractivity contribution in [3.05, 3.63) is 0 Å². The third-order valence-electron chi connectivity index (χ3n) is 2.52. The zero-order chi connectivity index (χ0) is 9.68. The van der Waals surface area contributed by atoms with Gasteiger partial charge in [-0.15, -0.1) is 0 Å². The number of rotatable bonds is 2. The van der Waals surface area contributed by atoms with Gasteiger partial charge >= 0.3 is 0 Å². The Balaban J connectivity index is 2.26. The van der Waals surface area contributed by atoms with Gasteiger partial charge in [0.05, 0.1) is 6.34 Å². The summed E-state index contributed by atoms with van der Waals surface area (Å²) >= 11 is 5.07. The zero-order valence-corrected chi connectivity index (χ0v) is 8.89. The summed E-state index contributed by atoms with van der Waals surface area (Å²) in [7, 11) is 2.16. The summed E-state index contributed by atoms with van der Waals surface area (Å²) in [5.74, 6) is 0.715. The molecule has 0 aliphatic carbocycles. The topological polar surface area (TPSA) is 41.6 Å². The lowest BCUT2D eigenvalue weighted by atomic mass is 9.94. The molecule has 2 N–H and O–H groups in total. The molecule has 0 aromatic heterocycles. The molecule has 0 radical (unpaired) electrons. The third kappa shape index (κ3) is 3.83. The largest absolute Gasteiger partial charge is 0.390 e. The Hall–Kier alpha value is -0.480. The lowest BCUT2D eigenvalue weighted by Gasteiger charge is -2.28. The van der Waals surface area contributed by atoms with Gasteiger partial charge in [-0.05, 0) is 38.9 Å². The molecule has 3 nitrogen and oxygen atoms in total. The van der Waals surface area contributed by atoms with Crippen molar-refractivity contribution in [3.63, 3.8) is 0 Å². The Bertz CT molecular complexity index is 195. The molecule has 0 amide bonds. The minimum absolute atomic E-state index is 0.715. The van der Waals surface area contributed by atoms with Crippen LogP contribution in [0.25, 0.3) is 0 Å². The fourth-order valence-corrected chi connectivity index (χ4v) is 1.95. The first kappa shape index (κ1) is 10.6. The van der Waals surface area contributed by atoms with E-state index in [1.165, 1.54) is 32.3 Å². The van der Waals surface area contributed by atoms with Crippen LogP contribution in [0.4, 0.5) is 0 Å². The van der Waals surface area contributed by atoms with Gasteiger partial charge in [-0.3, -0.25) is 0 Å². The number of hydrogen-bond donors (Lipinski definition) is 1. The van der Waals surface area contributed by atoms with Crippen LogP contribution in [0.3, 0.4) is 0 Å². The van der Waals surface area contributed by atoms with E-state index in [2.05, 4.69) is 16.9 Å². The van der Waals surface area contributed by atoms with Crippen molar-refractivity contribution in [2.24, 2.45) is 16.6 Å². The van der Waals surface area contributed by atoms with Crippen LogP contribution in [0.2, 0.25) is 0 Å². The first-order valence-electron chi connectivity index (χ1n) is 4.68. The minimum Gasteiger partial charge on any atom is -0.390 e. The number of hydrogen-bond acceptors (Lipinski definition) is 2. The highest BCUT2D eigenvalue weighted by Crippen LogP contribution is 2.20. The van der Waals surface area contributed by atoms with Crippen molar-refractivity contribution in [1.82, 2.24) is 4.90 Å². The monoisotopic (exact) mass is 199 g/mol. The zero-order valence-electron chi connectivity index (χ0n) is 8.07. The maximum Gasteiger partial charge on any atom is 0.105 e. The molecule has 13 heavy (non-hydrogen) atoms. The first-order chi connectivity index (χ1) is 6.22. The predicted octanol–water partition coefficient (Wildman–Crippen LogP) is 1.03. The van der Waals surface area contributed by atoms with Gasteiger partial charge < -0.3 is 10.6 Å². The summed E-state index contributed by atoms with van der Waals surface area (Å²) in [6, 6.07) is 0. The van der Waals surface area contributed by atoms with Crippen molar-refractivity contribution in [2.45, 2.75) is 19.3 Å². The van der Waals surface area contributed by atoms with Crippen LogP contribution in [0.15, 0.2) is 4.99 Å². The summed E-state index contributed by atoms with van der Waals surface area (Å²) in [5, 5.41) is 0. The van der Waals surface area contributed by atoms with Gasteiger partial charge in [-0.2, -0.15) is 0 Å². The highest BCUT2D eigenvalue weighted by molar-refractivity contribution is 7.80. The van der Waals surface area contributed by atoms with E-state index in [0.29, 0.717) is 5.92 Å². The Morgan fingerprint density at radius 3 is 2.77 bits per heavy atom. The molecule has 0 atom stereocenters. The standard InChI is InChI=1S/C9H17N3S/c1-12-4-2-8(3-5-12)6-9(13)11-7-10/h7-8H,2-6H2,1H3,(H2,10,11,13). The Morgan fingerprint density at radius 2 is 2.23 bits per heavy atom. The molecule has 1 aliphatic rings. The molecule has 0 unspecified atom stereocenters. The molecule has 1 rings (SSSR count). The number of nitrogens with zero attached hydrogens (tertiary/aromatic N) is 2. The van der Waals surface area contributed by atoms with Gasteiger partial charge in [-0.1, -0.05) is 12.2 Å². The van der Waals surface area contributed by atoms with Crippen LogP contribution in [-0.4, -0.2) is 36.4 Å². The number of aliphatic imine (C=N–C) groups is 1. The van der Waals surface area contributed by atoms with E-state index in [4.69, 9.17) is 18.0 Å². The van der Waals surface area contributed by atoms with E-state index in [-0.39, 0.29) is 0 Å². The van der Waals surface area contributed by atoms with Crippen molar-refractivity contribution in [2.75, 3.05) is 20.1 Å². The number of thiocarbonyl (C=S) groups is 1. The molecular weight excluding hydrogens is 182 g/mol. The van der Waals surface area contributed by atoms with Gasteiger partial charge in [0, 0.05) is 6.42 Å². The maximum atomic E-state index is 5.17. The van der Waals surface area contributed by atoms with Crippen molar-refractivity contribution >= 4 is 23.5 Å². The number of nitrogens with two attached hydrogens (primary N) is 1. The summed E-state index contributed by atoms with van der Waals surface area (Å²) in [4.78, 5) is 7.01. The summed E-state index contributed by atoms with van der Waals surface area (Å²) in [5.41, 5.74) is 5.17. The van der Waals surface area contributed by atoms with Crippen LogP contribution in [0, 0.1) is 5.92 Å². The molecule has 0 bridgehead atoms. The van der Waals surface area contributed by atoms with Crippen LogP contribution < -0.4 is 5.73 Å². The van der Waals surface area contributed by atoms with Gasteiger partial charge in [0.15, 0.2) is 0 Å². The second kappa shape index (κ2) is 5.29. The van der Waals surface area contributed by atoms with E-state index in [0.717, 1.165) is 11.4 Å². The summed E-state index contributed by atoms with van der Waals surface area (Å²) in [6.07, 6.45) is 4.68. The minimum atomic E-state index is 0.715. The molecule has 0 aromatic rings. The average Bonchev–Trinajstić information content (AvgIpc) is 2.09. The molecule has 0 saturated carbocycles.